The first-order valence-electron chi connectivity index (χ1n) is 9.58. The quantitative estimate of drug-likeness (QED) is 0.781. The Morgan fingerprint density at radius 2 is 2.03 bits per heavy atom. The summed E-state index contributed by atoms with van der Waals surface area (Å²) in [4.78, 5) is 15.8. The lowest BCUT2D eigenvalue weighted by molar-refractivity contribution is -0.192. The monoisotopic (exact) mass is 434 g/mol. The zero-order chi connectivity index (χ0) is 20.9. The van der Waals surface area contributed by atoms with Gasteiger partial charge in [0.25, 0.3) is 0 Å². The molecule has 3 aliphatic rings. The highest BCUT2D eigenvalue weighted by Gasteiger charge is 2.50. The van der Waals surface area contributed by atoms with Crippen LogP contribution in [0.15, 0.2) is 24.4 Å². The molecule has 1 atom stereocenters. The molecule has 6 nitrogen and oxygen atoms in total. The first kappa shape index (κ1) is 22.2. The fraction of sp³-hybridized carbons (Fsp3) is 0.684. The van der Waals surface area contributed by atoms with Gasteiger partial charge in [-0.2, -0.15) is 13.2 Å². The van der Waals surface area contributed by atoms with Crippen LogP contribution >= 0.6 is 11.8 Å². The number of hydrogen-bond acceptors (Lipinski definition) is 6. The number of halogens is 3. The number of nitrogens with zero attached hydrogens (tertiary/aromatic N) is 2. The van der Waals surface area contributed by atoms with Crippen molar-refractivity contribution in [3.63, 3.8) is 0 Å². The first-order chi connectivity index (χ1) is 13.8. The van der Waals surface area contributed by atoms with Crippen LogP contribution in [0, 0.1) is 5.92 Å². The van der Waals surface area contributed by atoms with Gasteiger partial charge < -0.3 is 19.5 Å². The van der Waals surface area contributed by atoms with Crippen LogP contribution in [0.5, 0.6) is 5.88 Å². The summed E-state index contributed by atoms with van der Waals surface area (Å²) in [6.07, 6.45) is 0.680. The van der Waals surface area contributed by atoms with E-state index in [1.54, 1.807) is 6.20 Å². The van der Waals surface area contributed by atoms with E-state index in [1.165, 1.54) is 38.9 Å². The van der Waals surface area contributed by atoms with Gasteiger partial charge in [-0.05, 0) is 24.8 Å². The van der Waals surface area contributed by atoms with Crippen LogP contribution in [-0.4, -0.2) is 76.6 Å². The maximum Gasteiger partial charge on any atom is 0.490 e. The molecule has 162 valence electrons. The van der Waals surface area contributed by atoms with E-state index < -0.39 is 12.1 Å². The maximum absolute atomic E-state index is 10.6. The van der Waals surface area contributed by atoms with Crippen LogP contribution in [0.25, 0.3) is 0 Å². The zero-order valence-corrected chi connectivity index (χ0v) is 16.8. The number of carboxylic acids is 1. The normalized spacial score (nSPS) is 24.4. The Kier molecular flexibility index (Phi) is 7.28. The third-order valence-electron chi connectivity index (χ3n) is 5.22. The third-order valence-corrected chi connectivity index (χ3v) is 6.80. The highest BCUT2D eigenvalue weighted by Crippen LogP contribution is 2.46. The second-order valence-corrected chi connectivity index (χ2v) is 9.12. The first-order valence-corrected chi connectivity index (χ1v) is 10.6. The van der Waals surface area contributed by atoms with Crippen LogP contribution in [-0.2, 0) is 9.53 Å². The lowest BCUT2D eigenvalue weighted by Crippen LogP contribution is -2.60. The number of aromatic nitrogens is 1. The number of pyridine rings is 1. The van der Waals surface area contributed by atoms with E-state index in [0.29, 0.717) is 10.9 Å². The van der Waals surface area contributed by atoms with Gasteiger partial charge in [0, 0.05) is 62.0 Å². The van der Waals surface area contributed by atoms with Gasteiger partial charge in [-0.1, -0.05) is 6.07 Å². The van der Waals surface area contributed by atoms with Crippen LogP contribution in [0.2, 0.25) is 0 Å². The summed E-state index contributed by atoms with van der Waals surface area (Å²) in [6.45, 7) is 5.64. The lowest BCUT2D eigenvalue weighted by atomic mass is 9.90. The van der Waals surface area contributed by atoms with Crippen molar-refractivity contribution in [3.05, 3.63) is 24.4 Å². The summed E-state index contributed by atoms with van der Waals surface area (Å²) >= 11 is 2.11. The molecule has 0 aliphatic carbocycles. The number of aliphatic carboxylic acids is 1. The second kappa shape index (κ2) is 9.53. The fourth-order valence-electron chi connectivity index (χ4n) is 3.88. The minimum atomic E-state index is -5.08. The molecular weight excluding hydrogens is 409 g/mol. The maximum atomic E-state index is 10.6. The molecule has 1 spiro atoms. The Hall–Kier alpha value is -1.52. The Morgan fingerprint density at radius 1 is 1.34 bits per heavy atom. The average Bonchev–Trinajstić information content (AvgIpc) is 3.07. The van der Waals surface area contributed by atoms with Gasteiger partial charge in [0.05, 0.1) is 0 Å². The molecule has 1 aromatic heterocycles. The van der Waals surface area contributed by atoms with Crippen molar-refractivity contribution in [2.24, 2.45) is 5.92 Å². The lowest BCUT2D eigenvalue weighted by Gasteiger charge is -2.49. The van der Waals surface area contributed by atoms with E-state index in [9.17, 15) is 13.2 Å². The molecule has 4 heterocycles. The van der Waals surface area contributed by atoms with Crippen molar-refractivity contribution in [2.45, 2.75) is 36.3 Å². The summed E-state index contributed by atoms with van der Waals surface area (Å²) in [5.74, 6) is -0.0455. The SMILES string of the molecule is O=C(O)C(F)(F)F.c1ccc(OC2CSC3(C2)CN(CC2CCOCC2)C3)nc1. The summed E-state index contributed by atoms with van der Waals surface area (Å²) in [5.41, 5.74) is 0. The van der Waals surface area contributed by atoms with Gasteiger partial charge in [-0.15, -0.1) is 11.8 Å². The number of rotatable bonds is 4. The molecule has 3 aliphatic heterocycles. The molecule has 3 fully saturated rings. The molecule has 0 bridgehead atoms. The topological polar surface area (TPSA) is 71.9 Å². The molecule has 0 amide bonds. The molecule has 1 aromatic rings. The average molecular weight is 434 g/mol. The van der Waals surface area contributed by atoms with Crippen molar-refractivity contribution < 1.29 is 32.5 Å². The molecule has 10 heteroatoms. The Bertz CT molecular complexity index is 665. The predicted molar refractivity (Wildman–Crippen MR) is 102 cm³/mol. The molecule has 0 radical (unpaired) electrons. The highest BCUT2D eigenvalue weighted by molar-refractivity contribution is 8.01. The fourth-order valence-corrected chi connectivity index (χ4v) is 5.45. The van der Waals surface area contributed by atoms with Gasteiger partial charge in [-0.25, -0.2) is 9.78 Å². The molecule has 1 unspecified atom stereocenters. The van der Waals surface area contributed by atoms with Crippen LogP contribution in [0.3, 0.4) is 0 Å². The van der Waals surface area contributed by atoms with Crippen molar-refractivity contribution in [3.8, 4) is 5.88 Å². The van der Waals surface area contributed by atoms with E-state index in [2.05, 4.69) is 21.6 Å². The minimum absolute atomic E-state index is 0.324. The van der Waals surface area contributed by atoms with Crippen molar-refractivity contribution in [2.75, 3.05) is 38.6 Å². The number of carboxylic acid groups (broad SMARTS) is 1. The molecule has 4 rings (SSSR count). The van der Waals surface area contributed by atoms with E-state index in [4.69, 9.17) is 19.4 Å². The van der Waals surface area contributed by atoms with Crippen molar-refractivity contribution in [1.82, 2.24) is 9.88 Å². The van der Waals surface area contributed by atoms with Gasteiger partial charge >= 0.3 is 12.1 Å². The third kappa shape index (κ3) is 6.48. The molecule has 0 aromatic carbocycles. The Labute approximate surface area is 171 Å². The van der Waals surface area contributed by atoms with E-state index in [0.717, 1.165) is 30.8 Å². The smallest absolute Gasteiger partial charge is 0.475 e. The largest absolute Gasteiger partial charge is 0.490 e. The zero-order valence-electron chi connectivity index (χ0n) is 15.9. The van der Waals surface area contributed by atoms with E-state index in [1.807, 2.05) is 18.2 Å². The summed E-state index contributed by atoms with van der Waals surface area (Å²) in [6, 6.07) is 5.87. The standard InChI is InChI=1S/C17H24N2O2S.C2HF3O2/c1-2-6-18-16(3-1)21-15-9-17(22-11-15)12-19(13-17)10-14-4-7-20-8-5-14;3-2(4,5)1(6)7/h1-3,6,14-15H,4-5,7-13H2;(H,6,7). The molecule has 29 heavy (non-hydrogen) atoms. The summed E-state index contributed by atoms with van der Waals surface area (Å²) in [7, 11) is 0. The number of alkyl halides is 3. The Balaban J connectivity index is 0.000000298. The summed E-state index contributed by atoms with van der Waals surface area (Å²) in [5, 5.41) is 7.12. The number of ether oxygens (including phenoxy) is 2. The predicted octanol–water partition coefficient (Wildman–Crippen LogP) is 3.08. The van der Waals surface area contributed by atoms with Crippen molar-refractivity contribution in [1.29, 1.82) is 0 Å². The number of hydrogen-bond donors (Lipinski definition) is 1. The van der Waals surface area contributed by atoms with Gasteiger partial charge in [0.2, 0.25) is 5.88 Å². The molecular formula is C19H25F3N2O4S. The van der Waals surface area contributed by atoms with Crippen LogP contribution in [0.4, 0.5) is 13.2 Å². The van der Waals surface area contributed by atoms with Gasteiger partial charge in [-0.3, -0.25) is 0 Å². The van der Waals surface area contributed by atoms with Gasteiger partial charge in [0.15, 0.2) is 0 Å². The highest BCUT2D eigenvalue weighted by atomic mass is 32.2. The Morgan fingerprint density at radius 3 is 2.62 bits per heavy atom. The van der Waals surface area contributed by atoms with Crippen LogP contribution in [0.1, 0.15) is 19.3 Å². The number of likely N-dealkylation sites (tertiary alicyclic amines) is 1. The van der Waals surface area contributed by atoms with Crippen molar-refractivity contribution >= 4 is 17.7 Å². The van der Waals surface area contributed by atoms with E-state index >= 15 is 0 Å². The number of carbonyl (C=O) groups is 1. The minimum Gasteiger partial charge on any atom is -0.475 e. The molecule has 1 N–H and O–H groups in total. The van der Waals surface area contributed by atoms with Crippen LogP contribution < -0.4 is 4.74 Å². The molecule has 3 saturated heterocycles. The number of thioether (sulfide) groups is 1. The molecule has 0 saturated carbocycles. The van der Waals surface area contributed by atoms with Gasteiger partial charge in [0.1, 0.15) is 6.10 Å². The summed E-state index contributed by atoms with van der Waals surface area (Å²) < 4.78 is 43.7. The second-order valence-electron chi connectivity index (χ2n) is 7.63. The van der Waals surface area contributed by atoms with E-state index in [-0.39, 0.29) is 0 Å².